The van der Waals surface area contributed by atoms with Gasteiger partial charge in [0, 0.05) is 29.9 Å². The SMILES string of the molecule is O=C(Nc1cccc2c(S(=O)(=O)[O-])cccc12)c1cc(Br)cc(Br)c1Br. The van der Waals surface area contributed by atoms with Gasteiger partial charge in [0.2, 0.25) is 0 Å². The molecule has 0 atom stereocenters. The van der Waals surface area contributed by atoms with E-state index in [2.05, 4.69) is 53.1 Å². The molecule has 0 aliphatic carbocycles. The lowest BCUT2D eigenvalue weighted by molar-refractivity contribution is 0.102. The molecule has 0 fully saturated rings. The smallest absolute Gasteiger partial charge is 0.256 e. The first kappa shape index (κ1) is 19.5. The van der Waals surface area contributed by atoms with Crippen LogP contribution in [-0.4, -0.2) is 18.9 Å². The summed E-state index contributed by atoms with van der Waals surface area (Å²) in [4.78, 5) is 12.4. The van der Waals surface area contributed by atoms with E-state index in [1.165, 1.54) is 18.2 Å². The van der Waals surface area contributed by atoms with Crippen molar-refractivity contribution in [3.8, 4) is 0 Å². The van der Waals surface area contributed by atoms with E-state index in [0.717, 1.165) is 4.47 Å². The van der Waals surface area contributed by atoms with Crippen molar-refractivity contribution in [1.29, 1.82) is 0 Å². The van der Waals surface area contributed by atoms with Crippen molar-refractivity contribution >= 4 is 80.3 Å². The minimum atomic E-state index is -4.63. The molecule has 0 aromatic heterocycles. The van der Waals surface area contributed by atoms with Crippen LogP contribution in [0.15, 0.2) is 66.8 Å². The Labute approximate surface area is 174 Å². The number of hydrogen-bond donors (Lipinski definition) is 1. The first-order valence-corrected chi connectivity index (χ1v) is 10.9. The molecule has 26 heavy (non-hydrogen) atoms. The van der Waals surface area contributed by atoms with E-state index in [9.17, 15) is 17.8 Å². The molecule has 0 heterocycles. The molecule has 0 saturated carbocycles. The minimum absolute atomic E-state index is 0.259. The van der Waals surface area contributed by atoms with Crippen LogP contribution in [0, 0.1) is 0 Å². The highest BCUT2D eigenvalue weighted by atomic mass is 79.9. The molecule has 3 aromatic carbocycles. The van der Waals surface area contributed by atoms with Gasteiger partial charge in [-0.3, -0.25) is 4.79 Å². The van der Waals surface area contributed by atoms with Crippen LogP contribution in [0.3, 0.4) is 0 Å². The molecule has 0 aliphatic rings. The summed E-state index contributed by atoms with van der Waals surface area (Å²) in [6.07, 6.45) is 0. The van der Waals surface area contributed by atoms with E-state index in [4.69, 9.17) is 0 Å². The van der Waals surface area contributed by atoms with Gasteiger partial charge in [0.1, 0.15) is 10.1 Å². The molecule has 134 valence electrons. The Morgan fingerprint density at radius 3 is 2.31 bits per heavy atom. The maximum absolute atomic E-state index is 12.7. The second-order valence-corrected chi connectivity index (χ2v) is 9.23. The zero-order valence-corrected chi connectivity index (χ0v) is 18.4. The number of carbonyl (C=O) groups excluding carboxylic acids is 1. The fourth-order valence-electron chi connectivity index (χ4n) is 2.52. The van der Waals surface area contributed by atoms with Gasteiger partial charge in [0.25, 0.3) is 5.91 Å². The second-order valence-electron chi connectivity index (χ2n) is 5.31. The summed E-state index contributed by atoms with van der Waals surface area (Å²) in [6.45, 7) is 0. The van der Waals surface area contributed by atoms with Gasteiger partial charge in [-0.25, -0.2) is 8.42 Å². The Morgan fingerprint density at radius 2 is 1.62 bits per heavy atom. The molecule has 0 bridgehead atoms. The monoisotopic (exact) mass is 560 g/mol. The first-order valence-electron chi connectivity index (χ1n) is 7.12. The van der Waals surface area contributed by atoms with E-state index in [1.54, 1.807) is 30.3 Å². The molecule has 5 nitrogen and oxygen atoms in total. The van der Waals surface area contributed by atoms with Crippen molar-refractivity contribution in [3.05, 3.63) is 67.5 Å². The summed E-state index contributed by atoms with van der Waals surface area (Å²) >= 11 is 10.1. The predicted molar refractivity (Wildman–Crippen MR) is 109 cm³/mol. The molecular formula is C17H9Br3NO4S-. The molecule has 0 unspecified atom stereocenters. The van der Waals surface area contributed by atoms with Crippen LogP contribution >= 0.6 is 47.8 Å². The number of hydrogen-bond acceptors (Lipinski definition) is 4. The highest BCUT2D eigenvalue weighted by molar-refractivity contribution is 9.13. The summed E-state index contributed by atoms with van der Waals surface area (Å²) in [5.41, 5.74) is 0.789. The Balaban J connectivity index is 2.09. The number of anilines is 1. The van der Waals surface area contributed by atoms with E-state index in [0.29, 0.717) is 25.6 Å². The number of fused-ring (bicyclic) bond motifs is 1. The van der Waals surface area contributed by atoms with Crippen molar-refractivity contribution < 1.29 is 17.8 Å². The topological polar surface area (TPSA) is 86.3 Å². The van der Waals surface area contributed by atoms with Crippen LogP contribution in [0.2, 0.25) is 0 Å². The largest absolute Gasteiger partial charge is 0.744 e. The number of rotatable bonds is 3. The van der Waals surface area contributed by atoms with Gasteiger partial charge in [-0.2, -0.15) is 0 Å². The average molecular weight is 563 g/mol. The Kier molecular flexibility index (Phi) is 5.55. The van der Waals surface area contributed by atoms with Gasteiger partial charge >= 0.3 is 0 Å². The number of nitrogens with one attached hydrogen (secondary N) is 1. The van der Waals surface area contributed by atoms with Crippen molar-refractivity contribution in [2.24, 2.45) is 0 Å². The zero-order valence-electron chi connectivity index (χ0n) is 12.8. The van der Waals surface area contributed by atoms with Gasteiger partial charge in [-0.05, 0) is 56.1 Å². The fourth-order valence-corrected chi connectivity index (χ4v) is 4.85. The number of carbonyl (C=O) groups is 1. The lowest BCUT2D eigenvalue weighted by Gasteiger charge is -2.14. The van der Waals surface area contributed by atoms with E-state index in [-0.39, 0.29) is 16.2 Å². The fraction of sp³-hybridized carbons (Fsp3) is 0. The highest BCUT2D eigenvalue weighted by Crippen LogP contribution is 2.33. The molecular weight excluding hydrogens is 554 g/mol. The van der Waals surface area contributed by atoms with Crippen molar-refractivity contribution in [2.75, 3.05) is 5.32 Å². The molecule has 0 saturated heterocycles. The van der Waals surface area contributed by atoms with E-state index < -0.39 is 10.1 Å². The van der Waals surface area contributed by atoms with Gasteiger partial charge in [0.05, 0.1) is 10.5 Å². The molecule has 9 heteroatoms. The van der Waals surface area contributed by atoms with Crippen LogP contribution < -0.4 is 5.32 Å². The predicted octanol–water partition coefficient (Wildman–Crippen LogP) is 5.28. The standard InChI is InChI=1S/C17H10Br3NO4S/c18-9-7-12(16(20)13(19)8-9)17(22)21-14-5-1-4-11-10(14)3-2-6-15(11)26(23,24)25/h1-8H,(H,21,22)(H,23,24,25)/p-1. The van der Waals surface area contributed by atoms with Crippen molar-refractivity contribution in [2.45, 2.75) is 4.90 Å². The van der Waals surface area contributed by atoms with Crippen LogP contribution in [0.4, 0.5) is 5.69 Å². The number of halogens is 3. The number of amides is 1. The quantitative estimate of drug-likeness (QED) is 0.347. The Morgan fingerprint density at radius 1 is 0.962 bits per heavy atom. The van der Waals surface area contributed by atoms with Crippen LogP contribution in [0.1, 0.15) is 10.4 Å². The van der Waals surface area contributed by atoms with E-state index >= 15 is 0 Å². The van der Waals surface area contributed by atoms with Gasteiger partial charge in [-0.1, -0.05) is 40.2 Å². The summed E-state index contributed by atoms with van der Waals surface area (Å²) in [5.74, 6) is -0.387. The zero-order chi connectivity index (χ0) is 19.1. The minimum Gasteiger partial charge on any atom is -0.744 e. The third kappa shape index (κ3) is 3.86. The van der Waals surface area contributed by atoms with Gasteiger partial charge in [-0.15, -0.1) is 0 Å². The average Bonchev–Trinajstić information content (AvgIpc) is 2.57. The Bertz CT molecular complexity index is 1150. The third-order valence-corrected chi connectivity index (χ3v) is 7.00. The number of benzene rings is 3. The molecule has 1 amide bonds. The summed E-state index contributed by atoms with van der Waals surface area (Å²) in [6, 6.07) is 12.6. The van der Waals surface area contributed by atoms with Crippen LogP contribution in [0.5, 0.6) is 0 Å². The van der Waals surface area contributed by atoms with Gasteiger partial charge < -0.3 is 9.87 Å². The highest BCUT2D eigenvalue weighted by Gasteiger charge is 2.16. The van der Waals surface area contributed by atoms with Crippen molar-refractivity contribution in [1.82, 2.24) is 0 Å². The maximum atomic E-state index is 12.7. The summed E-state index contributed by atoms with van der Waals surface area (Å²) < 4.78 is 36.4. The lowest BCUT2D eigenvalue weighted by atomic mass is 10.1. The van der Waals surface area contributed by atoms with Crippen LogP contribution in [-0.2, 0) is 10.1 Å². The molecule has 3 rings (SSSR count). The lowest BCUT2D eigenvalue weighted by Crippen LogP contribution is -2.13. The molecule has 0 spiro atoms. The second kappa shape index (κ2) is 7.40. The van der Waals surface area contributed by atoms with Gasteiger partial charge in [0.15, 0.2) is 0 Å². The van der Waals surface area contributed by atoms with Crippen molar-refractivity contribution in [3.63, 3.8) is 0 Å². The normalized spacial score (nSPS) is 11.5. The first-order chi connectivity index (χ1) is 12.2. The molecule has 0 radical (unpaired) electrons. The molecule has 3 aromatic rings. The summed E-state index contributed by atoms with van der Waals surface area (Å²) in [7, 11) is -4.63. The van der Waals surface area contributed by atoms with E-state index in [1.807, 2.05) is 0 Å². The molecule has 0 aliphatic heterocycles. The van der Waals surface area contributed by atoms with Crippen LogP contribution in [0.25, 0.3) is 10.8 Å². The maximum Gasteiger partial charge on any atom is 0.256 e. The summed E-state index contributed by atoms with van der Waals surface area (Å²) in [5, 5.41) is 3.49. The molecule has 1 N–H and O–H groups in total. The third-order valence-electron chi connectivity index (χ3n) is 3.64. The Hall–Kier alpha value is -1.26.